The highest BCUT2D eigenvalue weighted by Crippen LogP contribution is 2.30. The fraction of sp³-hybridized carbons (Fsp3) is 0.438. The van der Waals surface area contributed by atoms with Gasteiger partial charge in [-0.15, -0.1) is 5.10 Å². The number of ether oxygens (including phenoxy) is 2. The summed E-state index contributed by atoms with van der Waals surface area (Å²) in [5.74, 6) is 2.48. The highest BCUT2D eigenvalue weighted by atomic mass is 16.5. The van der Waals surface area contributed by atoms with Crippen LogP contribution in [0.15, 0.2) is 24.4 Å². The first-order valence-electron chi connectivity index (χ1n) is 7.69. The topological polar surface area (TPSA) is 84.4 Å². The number of anilines is 3. The number of nitrogens with zero attached hydrogens (tertiary/aromatic N) is 4. The average Bonchev–Trinajstić information content (AvgIpc) is 2.59. The van der Waals surface area contributed by atoms with Gasteiger partial charge in [-0.1, -0.05) is 0 Å². The van der Waals surface area contributed by atoms with E-state index in [9.17, 15) is 0 Å². The summed E-state index contributed by atoms with van der Waals surface area (Å²) in [6.45, 7) is 1.78. The van der Waals surface area contributed by atoms with E-state index in [4.69, 9.17) is 9.47 Å². The fourth-order valence-corrected chi connectivity index (χ4v) is 2.08. The Morgan fingerprint density at radius 3 is 2.71 bits per heavy atom. The zero-order valence-electron chi connectivity index (χ0n) is 14.5. The third-order valence-corrected chi connectivity index (χ3v) is 3.29. The Bertz CT molecular complexity index is 650. The molecule has 2 N–H and O–H groups in total. The van der Waals surface area contributed by atoms with Crippen molar-refractivity contribution in [2.75, 3.05) is 52.0 Å². The summed E-state index contributed by atoms with van der Waals surface area (Å²) in [6, 6.07) is 5.50. The quantitative estimate of drug-likeness (QED) is 0.675. The molecular weight excluding hydrogens is 308 g/mol. The smallest absolute Gasteiger partial charge is 0.244 e. The van der Waals surface area contributed by atoms with Crippen LogP contribution < -0.4 is 20.1 Å². The lowest BCUT2D eigenvalue weighted by Gasteiger charge is -2.13. The van der Waals surface area contributed by atoms with Gasteiger partial charge in [-0.3, -0.25) is 0 Å². The van der Waals surface area contributed by atoms with Crippen molar-refractivity contribution >= 4 is 17.5 Å². The number of hydrogen-bond acceptors (Lipinski definition) is 8. The van der Waals surface area contributed by atoms with E-state index in [1.54, 1.807) is 20.4 Å². The molecule has 0 atom stereocenters. The van der Waals surface area contributed by atoms with Crippen molar-refractivity contribution < 1.29 is 9.47 Å². The maximum Gasteiger partial charge on any atom is 0.244 e. The van der Waals surface area contributed by atoms with E-state index >= 15 is 0 Å². The third kappa shape index (κ3) is 5.24. The van der Waals surface area contributed by atoms with E-state index in [1.807, 2.05) is 32.3 Å². The number of aromatic nitrogens is 3. The Hall–Kier alpha value is -2.61. The summed E-state index contributed by atoms with van der Waals surface area (Å²) in [7, 11) is 7.32. The van der Waals surface area contributed by atoms with Gasteiger partial charge in [0.25, 0.3) is 0 Å². The van der Waals surface area contributed by atoms with Crippen LogP contribution in [0.3, 0.4) is 0 Å². The van der Waals surface area contributed by atoms with Crippen LogP contribution in [0.25, 0.3) is 0 Å². The second-order valence-corrected chi connectivity index (χ2v) is 5.44. The molecule has 8 nitrogen and oxygen atoms in total. The average molecular weight is 332 g/mol. The Balaban J connectivity index is 2.04. The van der Waals surface area contributed by atoms with Gasteiger partial charge in [0.05, 0.1) is 26.1 Å². The van der Waals surface area contributed by atoms with E-state index in [0.717, 1.165) is 30.9 Å². The van der Waals surface area contributed by atoms with Crippen molar-refractivity contribution in [1.82, 2.24) is 20.1 Å². The number of methoxy groups -OCH3 is 2. The molecule has 0 aliphatic carbocycles. The fourth-order valence-electron chi connectivity index (χ4n) is 2.08. The number of nitrogens with one attached hydrogen (secondary N) is 2. The van der Waals surface area contributed by atoms with Crippen molar-refractivity contribution in [2.45, 2.75) is 6.42 Å². The summed E-state index contributed by atoms with van der Waals surface area (Å²) in [5, 5.41) is 14.3. The first-order chi connectivity index (χ1) is 11.6. The molecule has 2 rings (SSSR count). The molecule has 0 bridgehead atoms. The SMILES string of the molecule is COc1ccc(OC)c(Nc2cnnc(NCCCN(C)C)n2)c1. The van der Waals surface area contributed by atoms with Gasteiger partial charge in [0, 0.05) is 12.6 Å². The van der Waals surface area contributed by atoms with Crippen molar-refractivity contribution in [1.29, 1.82) is 0 Å². The van der Waals surface area contributed by atoms with Gasteiger partial charge < -0.3 is 25.0 Å². The molecule has 0 aliphatic heterocycles. The molecule has 1 heterocycles. The Morgan fingerprint density at radius 1 is 1.17 bits per heavy atom. The first kappa shape index (κ1) is 17.7. The second kappa shape index (κ2) is 8.88. The molecule has 2 aromatic rings. The van der Waals surface area contributed by atoms with E-state index in [0.29, 0.717) is 17.5 Å². The Morgan fingerprint density at radius 2 is 2.00 bits per heavy atom. The molecule has 1 aromatic heterocycles. The van der Waals surface area contributed by atoms with Crippen LogP contribution in [-0.4, -0.2) is 61.5 Å². The van der Waals surface area contributed by atoms with Crippen molar-refractivity contribution in [3.63, 3.8) is 0 Å². The van der Waals surface area contributed by atoms with Crippen LogP contribution in [0.1, 0.15) is 6.42 Å². The van der Waals surface area contributed by atoms with E-state index in [2.05, 4.69) is 30.7 Å². The number of rotatable bonds is 9. The lowest BCUT2D eigenvalue weighted by atomic mass is 10.2. The van der Waals surface area contributed by atoms with Crippen LogP contribution in [0.2, 0.25) is 0 Å². The van der Waals surface area contributed by atoms with Crippen LogP contribution >= 0.6 is 0 Å². The predicted molar refractivity (Wildman–Crippen MR) is 94.3 cm³/mol. The largest absolute Gasteiger partial charge is 0.497 e. The van der Waals surface area contributed by atoms with Gasteiger partial charge in [0.15, 0.2) is 5.82 Å². The maximum absolute atomic E-state index is 5.35. The van der Waals surface area contributed by atoms with Gasteiger partial charge in [0.2, 0.25) is 5.95 Å². The molecule has 1 aromatic carbocycles. The number of hydrogen-bond donors (Lipinski definition) is 2. The molecule has 0 unspecified atom stereocenters. The van der Waals surface area contributed by atoms with Crippen molar-refractivity contribution in [3.8, 4) is 11.5 Å². The summed E-state index contributed by atoms with van der Waals surface area (Å²) in [6.07, 6.45) is 2.56. The molecular formula is C16H24N6O2. The summed E-state index contributed by atoms with van der Waals surface area (Å²) < 4.78 is 10.6. The summed E-state index contributed by atoms with van der Waals surface area (Å²) >= 11 is 0. The second-order valence-electron chi connectivity index (χ2n) is 5.44. The highest BCUT2D eigenvalue weighted by molar-refractivity contribution is 5.66. The molecule has 0 fully saturated rings. The molecule has 24 heavy (non-hydrogen) atoms. The molecule has 0 radical (unpaired) electrons. The Kier molecular flexibility index (Phi) is 6.56. The minimum Gasteiger partial charge on any atom is -0.497 e. The molecule has 8 heteroatoms. The van der Waals surface area contributed by atoms with Gasteiger partial charge in [-0.2, -0.15) is 10.1 Å². The first-order valence-corrected chi connectivity index (χ1v) is 7.69. The van der Waals surface area contributed by atoms with Gasteiger partial charge in [0.1, 0.15) is 11.5 Å². The van der Waals surface area contributed by atoms with Crippen LogP contribution in [0.4, 0.5) is 17.5 Å². The van der Waals surface area contributed by atoms with E-state index in [-0.39, 0.29) is 0 Å². The van der Waals surface area contributed by atoms with E-state index in [1.165, 1.54) is 0 Å². The predicted octanol–water partition coefficient (Wildman–Crippen LogP) is 2.00. The molecule has 0 amide bonds. The highest BCUT2D eigenvalue weighted by Gasteiger charge is 2.07. The zero-order chi connectivity index (χ0) is 17.4. The molecule has 130 valence electrons. The standard InChI is InChI=1S/C16H24N6O2/c1-22(2)9-5-8-17-16-20-15(11-18-21-16)19-13-10-12(23-3)6-7-14(13)24-4/h6-7,10-11H,5,8-9H2,1-4H3,(H2,17,19,20,21). The van der Waals surface area contributed by atoms with Gasteiger partial charge in [-0.25, -0.2) is 0 Å². The lowest BCUT2D eigenvalue weighted by molar-refractivity contribution is 0.404. The van der Waals surface area contributed by atoms with Crippen molar-refractivity contribution in [2.24, 2.45) is 0 Å². The minimum atomic E-state index is 0.487. The van der Waals surface area contributed by atoms with Crippen LogP contribution in [-0.2, 0) is 0 Å². The zero-order valence-corrected chi connectivity index (χ0v) is 14.5. The molecule has 0 saturated heterocycles. The maximum atomic E-state index is 5.35. The molecule has 0 aliphatic rings. The third-order valence-electron chi connectivity index (χ3n) is 3.29. The van der Waals surface area contributed by atoms with Gasteiger partial charge >= 0.3 is 0 Å². The molecule has 0 saturated carbocycles. The minimum absolute atomic E-state index is 0.487. The van der Waals surface area contributed by atoms with Gasteiger partial charge in [-0.05, 0) is 39.2 Å². The monoisotopic (exact) mass is 332 g/mol. The number of benzene rings is 1. The van der Waals surface area contributed by atoms with Crippen LogP contribution in [0.5, 0.6) is 11.5 Å². The Labute approximate surface area is 142 Å². The molecule has 0 spiro atoms. The lowest BCUT2D eigenvalue weighted by Crippen LogP contribution is -2.17. The normalized spacial score (nSPS) is 10.5. The summed E-state index contributed by atoms with van der Waals surface area (Å²) in [4.78, 5) is 6.54. The van der Waals surface area contributed by atoms with Crippen molar-refractivity contribution in [3.05, 3.63) is 24.4 Å². The summed E-state index contributed by atoms with van der Waals surface area (Å²) in [5.41, 5.74) is 0.746. The van der Waals surface area contributed by atoms with Crippen LogP contribution in [0, 0.1) is 0 Å². The van der Waals surface area contributed by atoms with E-state index < -0.39 is 0 Å².